The second-order valence-electron chi connectivity index (χ2n) is 5.97. The maximum Gasteiger partial charge on any atom is 0.0412 e. The van der Waals surface area contributed by atoms with Gasteiger partial charge in [0.2, 0.25) is 0 Å². The van der Waals surface area contributed by atoms with Gasteiger partial charge >= 0.3 is 0 Å². The van der Waals surface area contributed by atoms with Crippen LogP contribution in [0.1, 0.15) is 45.1 Å². The third-order valence-corrected chi connectivity index (χ3v) is 4.63. The molecule has 1 aliphatic heterocycles. The molecular formula is C17H27BrN2. The quantitative estimate of drug-likeness (QED) is 0.790. The molecule has 1 aromatic rings. The van der Waals surface area contributed by atoms with E-state index in [4.69, 9.17) is 0 Å². The number of benzene rings is 1. The number of hydrogen-bond acceptors (Lipinski definition) is 2. The van der Waals surface area contributed by atoms with E-state index in [0.29, 0.717) is 0 Å². The summed E-state index contributed by atoms with van der Waals surface area (Å²) >= 11 is 3.61. The summed E-state index contributed by atoms with van der Waals surface area (Å²) in [7, 11) is 0. The van der Waals surface area contributed by atoms with Crippen LogP contribution in [0.3, 0.4) is 0 Å². The van der Waals surface area contributed by atoms with E-state index in [1.807, 2.05) is 0 Å². The summed E-state index contributed by atoms with van der Waals surface area (Å²) in [5.74, 6) is 0.872. The topological polar surface area (TPSA) is 15.3 Å². The molecule has 1 heterocycles. The van der Waals surface area contributed by atoms with Gasteiger partial charge in [0, 0.05) is 29.8 Å². The summed E-state index contributed by atoms with van der Waals surface area (Å²) in [5, 5.41) is 3.53. The first-order valence-corrected chi connectivity index (χ1v) is 8.74. The molecule has 112 valence electrons. The minimum absolute atomic E-state index is 0.872. The second-order valence-corrected chi connectivity index (χ2v) is 6.89. The molecule has 0 radical (unpaired) electrons. The molecule has 20 heavy (non-hydrogen) atoms. The Morgan fingerprint density at radius 3 is 2.95 bits per heavy atom. The minimum atomic E-state index is 0.872. The Morgan fingerprint density at radius 2 is 2.15 bits per heavy atom. The van der Waals surface area contributed by atoms with Crippen LogP contribution in [0.4, 0.5) is 5.69 Å². The smallest absolute Gasteiger partial charge is 0.0412 e. The number of hydrogen-bond donors (Lipinski definition) is 1. The molecule has 2 nitrogen and oxygen atoms in total. The highest BCUT2D eigenvalue weighted by Gasteiger charge is 2.16. The van der Waals surface area contributed by atoms with Crippen LogP contribution in [-0.2, 0) is 6.54 Å². The van der Waals surface area contributed by atoms with Gasteiger partial charge in [-0.15, -0.1) is 0 Å². The number of rotatable bonds is 5. The molecule has 0 aromatic heterocycles. The molecule has 1 N–H and O–H groups in total. The molecule has 0 spiro atoms. The predicted octanol–water partition coefficient (Wildman–Crippen LogP) is 4.58. The number of nitrogens with one attached hydrogen (secondary N) is 1. The van der Waals surface area contributed by atoms with E-state index in [9.17, 15) is 0 Å². The molecular weight excluding hydrogens is 312 g/mol. The summed E-state index contributed by atoms with van der Waals surface area (Å²) in [6, 6.07) is 6.72. The molecule has 2 rings (SSSR count). The Morgan fingerprint density at radius 1 is 1.30 bits per heavy atom. The largest absolute Gasteiger partial charge is 0.371 e. The molecule has 1 aromatic carbocycles. The molecule has 1 unspecified atom stereocenters. The van der Waals surface area contributed by atoms with Gasteiger partial charge in [-0.3, -0.25) is 0 Å². The van der Waals surface area contributed by atoms with E-state index < -0.39 is 0 Å². The van der Waals surface area contributed by atoms with Crippen LogP contribution < -0.4 is 10.2 Å². The molecule has 1 atom stereocenters. The van der Waals surface area contributed by atoms with Crippen molar-refractivity contribution in [3.63, 3.8) is 0 Å². The van der Waals surface area contributed by atoms with E-state index in [1.54, 1.807) is 0 Å². The van der Waals surface area contributed by atoms with Gasteiger partial charge in [0.25, 0.3) is 0 Å². The number of anilines is 1. The summed E-state index contributed by atoms with van der Waals surface area (Å²) in [6.07, 6.45) is 5.19. The van der Waals surface area contributed by atoms with E-state index in [0.717, 1.165) is 19.0 Å². The molecule has 1 fully saturated rings. The average molecular weight is 339 g/mol. The van der Waals surface area contributed by atoms with Crippen molar-refractivity contribution in [1.29, 1.82) is 0 Å². The Labute approximate surface area is 132 Å². The van der Waals surface area contributed by atoms with Crippen LogP contribution in [-0.4, -0.2) is 19.6 Å². The van der Waals surface area contributed by atoms with Gasteiger partial charge in [-0.25, -0.2) is 0 Å². The normalized spacial score (nSPS) is 19.9. The van der Waals surface area contributed by atoms with Crippen molar-refractivity contribution in [1.82, 2.24) is 5.32 Å². The highest BCUT2D eigenvalue weighted by Crippen LogP contribution is 2.28. The zero-order chi connectivity index (χ0) is 14.4. The maximum atomic E-state index is 3.61. The fourth-order valence-electron chi connectivity index (χ4n) is 2.91. The Kier molecular flexibility index (Phi) is 6.37. The number of halogens is 1. The SMILES string of the molecule is CCCNCc1cc(Br)ccc1N1CCCC(C)CC1. The Hall–Kier alpha value is -0.540. The summed E-state index contributed by atoms with van der Waals surface area (Å²) < 4.78 is 1.18. The molecule has 3 heteroatoms. The van der Waals surface area contributed by atoms with Gasteiger partial charge in [0.05, 0.1) is 0 Å². The van der Waals surface area contributed by atoms with Crippen molar-refractivity contribution in [2.45, 2.75) is 46.1 Å². The van der Waals surface area contributed by atoms with E-state index in [-0.39, 0.29) is 0 Å². The lowest BCUT2D eigenvalue weighted by molar-refractivity contribution is 0.521. The standard InChI is InChI=1S/C17H27BrN2/c1-3-9-19-13-15-12-16(18)6-7-17(15)20-10-4-5-14(2)8-11-20/h6-7,12,14,19H,3-5,8-11,13H2,1-2H3. The van der Waals surface area contributed by atoms with E-state index in [1.165, 1.54) is 54.5 Å². The zero-order valence-corrected chi connectivity index (χ0v) is 14.4. The van der Waals surface area contributed by atoms with Crippen LogP contribution >= 0.6 is 15.9 Å². The molecule has 0 aliphatic carbocycles. The van der Waals surface area contributed by atoms with Gasteiger partial charge in [-0.2, -0.15) is 0 Å². The van der Waals surface area contributed by atoms with Crippen LogP contribution in [0.2, 0.25) is 0 Å². The fraction of sp³-hybridized carbons (Fsp3) is 0.647. The lowest BCUT2D eigenvalue weighted by Crippen LogP contribution is -2.26. The maximum absolute atomic E-state index is 3.61. The van der Waals surface area contributed by atoms with Gasteiger partial charge in [-0.1, -0.05) is 29.8 Å². The summed E-state index contributed by atoms with van der Waals surface area (Å²) in [4.78, 5) is 2.58. The molecule has 1 saturated heterocycles. The zero-order valence-electron chi connectivity index (χ0n) is 12.8. The third kappa shape index (κ3) is 4.49. The molecule has 1 aliphatic rings. The highest BCUT2D eigenvalue weighted by molar-refractivity contribution is 9.10. The third-order valence-electron chi connectivity index (χ3n) is 4.14. The van der Waals surface area contributed by atoms with Crippen molar-refractivity contribution in [2.24, 2.45) is 5.92 Å². The number of nitrogens with zero attached hydrogens (tertiary/aromatic N) is 1. The Balaban J connectivity index is 2.12. The molecule has 0 saturated carbocycles. The average Bonchev–Trinajstić information content (AvgIpc) is 2.64. The lowest BCUT2D eigenvalue weighted by atomic mass is 10.0. The van der Waals surface area contributed by atoms with Crippen LogP contribution in [0.25, 0.3) is 0 Å². The van der Waals surface area contributed by atoms with Crippen molar-refractivity contribution < 1.29 is 0 Å². The van der Waals surface area contributed by atoms with Crippen molar-refractivity contribution in [2.75, 3.05) is 24.5 Å². The first-order chi connectivity index (χ1) is 9.70. The first kappa shape index (κ1) is 15.8. The predicted molar refractivity (Wildman–Crippen MR) is 91.4 cm³/mol. The van der Waals surface area contributed by atoms with Crippen LogP contribution in [0.15, 0.2) is 22.7 Å². The van der Waals surface area contributed by atoms with Crippen molar-refractivity contribution >= 4 is 21.6 Å². The fourth-order valence-corrected chi connectivity index (χ4v) is 3.32. The minimum Gasteiger partial charge on any atom is -0.371 e. The monoisotopic (exact) mass is 338 g/mol. The van der Waals surface area contributed by atoms with Gasteiger partial charge in [0.1, 0.15) is 0 Å². The molecule has 0 bridgehead atoms. The van der Waals surface area contributed by atoms with Crippen LogP contribution in [0.5, 0.6) is 0 Å². The van der Waals surface area contributed by atoms with Crippen LogP contribution in [0, 0.1) is 5.92 Å². The van der Waals surface area contributed by atoms with Gasteiger partial charge in [0.15, 0.2) is 0 Å². The summed E-state index contributed by atoms with van der Waals surface area (Å²) in [6.45, 7) is 9.05. The van der Waals surface area contributed by atoms with Crippen molar-refractivity contribution in [3.05, 3.63) is 28.2 Å². The van der Waals surface area contributed by atoms with Gasteiger partial charge < -0.3 is 10.2 Å². The van der Waals surface area contributed by atoms with Gasteiger partial charge in [-0.05, 0) is 61.9 Å². The van der Waals surface area contributed by atoms with E-state index in [2.05, 4.69) is 58.2 Å². The van der Waals surface area contributed by atoms with E-state index >= 15 is 0 Å². The van der Waals surface area contributed by atoms with Crippen molar-refractivity contribution in [3.8, 4) is 0 Å². The lowest BCUT2D eigenvalue weighted by Gasteiger charge is -2.26. The highest BCUT2D eigenvalue weighted by atomic mass is 79.9. The summed E-state index contributed by atoms with van der Waals surface area (Å²) in [5.41, 5.74) is 2.84. The second kappa shape index (κ2) is 8.04. The Bertz CT molecular complexity index is 419. The molecule has 0 amide bonds. The first-order valence-electron chi connectivity index (χ1n) is 7.94.